The molecule has 0 unspecified atom stereocenters. The van der Waals surface area contributed by atoms with Crippen molar-refractivity contribution in [3.63, 3.8) is 0 Å². The fraction of sp³-hybridized carbons (Fsp3) is 0.294. The number of amides is 2. The third kappa shape index (κ3) is 3.52. The number of nitrogens with zero attached hydrogens (tertiary/aromatic N) is 3. The van der Waals surface area contributed by atoms with E-state index in [0.717, 1.165) is 0 Å². The van der Waals surface area contributed by atoms with Crippen LogP contribution in [0.25, 0.3) is 0 Å². The first kappa shape index (κ1) is 16.7. The number of benzene rings is 1. The Balaban J connectivity index is 1.70. The Morgan fingerprint density at radius 2 is 2.04 bits per heavy atom. The highest BCUT2D eigenvalue weighted by molar-refractivity contribution is 6.07. The molecule has 0 bridgehead atoms. The molecule has 1 N–H and O–H groups in total. The first-order valence-corrected chi connectivity index (χ1v) is 7.80. The van der Waals surface area contributed by atoms with E-state index in [0.29, 0.717) is 23.6 Å². The second kappa shape index (κ2) is 6.76. The number of aromatic nitrogens is 2. The molecular weight excluding hydrogens is 324 g/mol. The zero-order chi connectivity index (χ0) is 18.0. The number of hydrogen-bond donors (Lipinski definition) is 1. The van der Waals surface area contributed by atoms with Gasteiger partial charge >= 0.3 is 6.09 Å². The van der Waals surface area contributed by atoms with Crippen molar-refractivity contribution in [2.45, 2.75) is 13.0 Å². The molecule has 3 rings (SSSR count). The van der Waals surface area contributed by atoms with Crippen LogP contribution in [0.15, 0.2) is 36.7 Å². The van der Waals surface area contributed by atoms with Gasteiger partial charge in [0.25, 0.3) is 0 Å². The first-order valence-electron chi connectivity index (χ1n) is 7.80. The number of rotatable bonds is 5. The number of carbonyl (C=O) groups excluding carboxylic acids is 3. The minimum atomic E-state index is -0.474. The van der Waals surface area contributed by atoms with Gasteiger partial charge in [-0.3, -0.25) is 14.5 Å². The molecule has 1 saturated heterocycles. The maximum atomic E-state index is 12.4. The van der Waals surface area contributed by atoms with E-state index >= 15 is 0 Å². The molecule has 8 nitrogen and oxygen atoms in total. The molecular formula is C17H18N4O4. The largest absolute Gasteiger partial charge is 0.442 e. The van der Waals surface area contributed by atoms with Gasteiger partial charge in [0, 0.05) is 37.6 Å². The summed E-state index contributed by atoms with van der Waals surface area (Å²) in [6.45, 7) is 2.02. The van der Waals surface area contributed by atoms with Gasteiger partial charge in [-0.2, -0.15) is 0 Å². The summed E-state index contributed by atoms with van der Waals surface area (Å²) in [5.41, 5.74) is 1.12. The molecule has 0 aliphatic carbocycles. The Morgan fingerprint density at radius 3 is 2.64 bits per heavy atom. The molecule has 130 valence electrons. The average Bonchev–Trinajstić information content (AvgIpc) is 3.18. The summed E-state index contributed by atoms with van der Waals surface area (Å²) in [4.78, 5) is 40.9. The molecule has 0 spiro atoms. The van der Waals surface area contributed by atoms with Gasteiger partial charge in [0.15, 0.2) is 5.82 Å². The second-order valence-corrected chi connectivity index (χ2v) is 5.79. The van der Waals surface area contributed by atoms with E-state index < -0.39 is 12.2 Å². The van der Waals surface area contributed by atoms with Gasteiger partial charge in [-0.1, -0.05) is 0 Å². The predicted octanol–water partition coefficient (Wildman–Crippen LogP) is 1.11. The Hall–Kier alpha value is -3.16. The Morgan fingerprint density at radius 1 is 1.32 bits per heavy atom. The third-order valence-corrected chi connectivity index (χ3v) is 3.92. The summed E-state index contributed by atoms with van der Waals surface area (Å²) >= 11 is 0. The molecule has 2 aromatic rings. The lowest BCUT2D eigenvalue weighted by Gasteiger charge is -2.13. The number of cyclic esters (lactones) is 1. The maximum absolute atomic E-state index is 12.4. The fourth-order valence-electron chi connectivity index (χ4n) is 2.60. The lowest BCUT2D eigenvalue weighted by molar-refractivity contribution is -0.119. The van der Waals surface area contributed by atoms with E-state index in [1.54, 1.807) is 48.3 Å². The maximum Gasteiger partial charge on any atom is 0.414 e. The Labute approximate surface area is 144 Å². The van der Waals surface area contributed by atoms with Crippen LogP contribution in [-0.2, 0) is 16.6 Å². The molecule has 8 heteroatoms. The van der Waals surface area contributed by atoms with Gasteiger partial charge in [-0.25, -0.2) is 9.78 Å². The Kier molecular flexibility index (Phi) is 4.51. The molecule has 1 aromatic heterocycles. The second-order valence-electron chi connectivity index (χ2n) is 5.79. The van der Waals surface area contributed by atoms with Crippen LogP contribution >= 0.6 is 0 Å². The van der Waals surface area contributed by atoms with Crippen LogP contribution in [0.4, 0.5) is 10.5 Å². The van der Waals surface area contributed by atoms with E-state index in [2.05, 4.69) is 10.3 Å². The number of anilines is 1. The molecule has 2 amide bonds. The number of aryl methyl sites for hydroxylation is 1. The summed E-state index contributed by atoms with van der Waals surface area (Å²) in [5.74, 6) is -0.0121. The third-order valence-electron chi connectivity index (χ3n) is 3.92. The SMILES string of the molecule is CC(=O)NC[C@H]1CN(c2ccc(C(=O)c3nccn3C)cc2)C(=O)O1. The van der Waals surface area contributed by atoms with Gasteiger partial charge in [0.2, 0.25) is 11.7 Å². The Bertz CT molecular complexity index is 812. The van der Waals surface area contributed by atoms with Crippen LogP contribution < -0.4 is 10.2 Å². The smallest absolute Gasteiger partial charge is 0.414 e. The number of ether oxygens (including phenoxy) is 1. The number of imidazole rings is 1. The topological polar surface area (TPSA) is 93.5 Å². The van der Waals surface area contributed by atoms with Gasteiger partial charge in [0.1, 0.15) is 6.10 Å². The van der Waals surface area contributed by atoms with Crippen LogP contribution in [0, 0.1) is 0 Å². The summed E-state index contributed by atoms with van der Waals surface area (Å²) in [7, 11) is 1.75. The molecule has 1 aliphatic heterocycles. The van der Waals surface area contributed by atoms with E-state index in [9.17, 15) is 14.4 Å². The van der Waals surface area contributed by atoms with Crippen molar-refractivity contribution < 1.29 is 19.1 Å². The lowest BCUT2D eigenvalue weighted by atomic mass is 10.1. The fourth-order valence-corrected chi connectivity index (χ4v) is 2.60. The highest BCUT2D eigenvalue weighted by Crippen LogP contribution is 2.22. The number of nitrogens with one attached hydrogen (secondary N) is 1. The normalized spacial score (nSPS) is 16.6. The molecule has 1 fully saturated rings. The zero-order valence-corrected chi connectivity index (χ0v) is 13.9. The van der Waals surface area contributed by atoms with Crippen molar-refractivity contribution in [2.24, 2.45) is 7.05 Å². The summed E-state index contributed by atoms with van der Waals surface area (Å²) < 4.78 is 6.88. The highest BCUT2D eigenvalue weighted by atomic mass is 16.6. The van der Waals surface area contributed by atoms with Gasteiger partial charge < -0.3 is 14.6 Å². The molecule has 25 heavy (non-hydrogen) atoms. The predicted molar refractivity (Wildman–Crippen MR) is 89.4 cm³/mol. The zero-order valence-electron chi connectivity index (χ0n) is 13.9. The van der Waals surface area contributed by atoms with Crippen molar-refractivity contribution >= 4 is 23.5 Å². The van der Waals surface area contributed by atoms with Gasteiger partial charge in [-0.15, -0.1) is 0 Å². The van der Waals surface area contributed by atoms with Crippen molar-refractivity contribution in [1.82, 2.24) is 14.9 Å². The quantitative estimate of drug-likeness (QED) is 0.822. The van der Waals surface area contributed by atoms with E-state index in [-0.39, 0.29) is 18.2 Å². The minimum Gasteiger partial charge on any atom is -0.442 e. The van der Waals surface area contributed by atoms with Crippen molar-refractivity contribution in [3.8, 4) is 0 Å². The highest BCUT2D eigenvalue weighted by Gasteiger charge is 2.32. The van der Waals surface area contributed by atoms with Crippen LogP contribution in [0.3, 0.4) is 0 Å². The lowest BCUT2D eigenvalue weighted by Crippen LogP contribution is -2.33. The number of ketones is 1. The summed E-state index contributed by atoms with van der Waals surface area (Å²) in [6, 6.07) is 6.69. The standard InChI is InChI=1S/C17H18N4O4/c1-11(22)19-9-14-10-21(17(24)25-14)13-5-3-12(4-6-13)15(23)16-18-7-8-20(16)2/h3-8,14H,9-10H2,1-2H3,(H,19,22)/t14-/m0/s1. The minimum absolute atomic E-state index is 0.174. The van der Waals surface area contributed by atoms with Crippen molar-refractivity contribution in [1.29, 1.82) is 0 Å². The van der Waals surface area contributed by atoms with Gasteiger partial charge in [-0.05, 0) is 24.3 Å². The molecule has 1 aliphatic rings. The van der Waals surface area contributed by atoms with E-state index in [4.69, 9.17) is 4.74 Å². The molecule has 2 heterocycles. The van der Waals surface area contributed by atoms with Gasteiger partial charge in [0.05, 0.1) is 13.1 Å². The summed E-state index contributed by atoms with van der Waals surface area (Å²) in [5, 5.41) is 2.63. The van der Waals surface area contributed by atoms with E-state index in [1.165, 1.54) is 11.8 Å². The summed E-state index contributed by atoms with van der Waals surface area (Å²) in [6.07, 6.45) is 2.40. The van der Waals surface area contributed by atoms with E-state index in [1.807, 2.05) is 0 Å². The van der Waals surface area contributed by atoms with Crippen LogP contribution in [0.5, 0.6) is 0 Å². The van der Waals surface area contributed by atoms with Crippen molar-refractivity contribution in [2.75, 3.05) is 18.0 Å². The average molecular weight is 342 g/mol. The van der Waals surface area contributed by atoms with Crippen molar-refractivity contribution in [3.05, 3.63) is 48.0 Å². The monoisotopic (exact) mass is 342 g/mol. The molecule has 0 radical (unpaired) electrons. The van der Waals surface area contributed by atoms with Crippen LogP contribution in [-0.4, -0.2) is 46.5 Å². The molecule has 0 saturated carbocycles. The van der Waals surface area contributed by atoms with Crippen LogP contribution in [0.1, 0.15) is 23.1 Å². The number of hydrogen-bond acceptors (Lipinski definition) is 5. The van der Waals surface area contributed by atoms with Crippen LogP contribution in [0.2, 0.25) is 0 Å². The molecule has 1 aromatic carbocycles. The first-order chi connectivity index (χ1) is 12.0. The number of carbonyl (C=O) groups is 3. The molecule has 1 atom stereocenters.